The number of pyridine rings is 1. The van der Waals surface area contributed by atoms with Crippen LogP contribution in [0.4, 0.5) is 4.39 Å². The maximum Gasteiger partial charge on any atom is 0.308 e. The van der Waals surface area contributed by atoms with E-state index in [2.05, 4.69) is 4.98 Å². The van der Waals surface area contributed by atoms with Crippen molar-refractivity contribution in [2.45, 2.75) is 12.8 Å². The monoisotopic (exact) mass is 318 g/mol. The molecule has 2 N–H and O–H groups in total. The molecule has 1 unspecified atom stereocenters. The molecule has 1 fully saturated rings. The number of aromatic amines is 1. The first kappa shape index (κ1) is 15.2. The number of piperidine rings is 1. The van der Waals surface area contributed by atoms with Crippen molar-refractivity contribution >= 4 is 22.8 Å². The molecule has 7 heteroatoms. The van der Waals surface area contributed by atoms with Gasteiger partial charge in [0.25, 0.3) is 5.91 Å². The van der Waals surface area contributed by atoms with Gasteiger partial charge in [0.1, 0.15) is 5.82 Å². The molecule has 1 aliphatic rings. The number of nitrogens with one attached hydrogen (secondary N) is 1. The maximum absolute atomic E-state index is 13.5. The zero-order chi connectivity index (χ0) is 16.6. The number of carboxylic acids is 1. The Morgan fingerprint density at radius 2 is 2.09 bits per heavy atom. The van der Waals surface area contributed by atoms with Crippen LogP contribution in [-0.2, 0) is 4.79 Å². The molecule has 1 aromatic carbocycles. The highest BCUT2D eigenvalue weighted by molar-refractivity contribution is 6.06. The number of carbonyl (C=O) groups excluding carboxylic acids is 1. The van der Waals surface area contributed by atoms with Crippen LogP contribution in [0.1, 0.15) is 23.2 Å². The van der Waals surface area contributed by atoms with Gasteiger partial charge in [-0.05, 0) is 31.0 Å². The van der Waals surface area contributed by atoms with E-state index in [1.165, 1.54) is 23.1 Å². The lowest BCUT2D eigenvalue weighted by atomic mass is 9.97. The SMILES string of the molecule is O=C(O)C1CCCN(C(=O)c2cc(=O)[nH]c3ccc(F)cc23)C1. The summed E-state index contributed by atoms with van der Waals surface area (Å²) in [6.07, 6.45) is 1.10. The van der Waals surface area contributed by atoms with Gasteiger partial charge in [0.2, 0.25) is 5.56 Å². The Bertz CT molecular complexity index is 846. The Hall–Kier alpha value is -2.70. The fourth-order valence-corrected chi connectivity index (χ4v) is 2.94. The van der Waals surface area contributed by atoms with Gasteiger partial charge in [-0.2, -0.15) is 0 Å². The molecule has 1 amide bonds. The molecule has 0 radical (unpaired) electrons. The lowest BCUT2D eigenvalue weighted by Crippen LogP contribution is -2.42. The first-order valence-electron chi connectivity index (χ1n) is 7.30. The third kappa shape index (κ3) is 2.94. The van der Waals surface area contributed by atoms with Crippen molar-refractivity contribution in [2.75, 3.05) is 13.1 Å². The number of amides is 1. The van der Waals surface area contributed by atoms with Crippen LogP contribution in [-0.4, -0.2) is 40.0 Å². The molecule has 1 aliphatic heterocycles. The topological polar surface area (TPSA) is 90.5 Å². The lowest BCUT2D eigenvalue weighted by molar-refractivity contribution is -0.143. The standard InChI is InChI=1S/C16H15FN2O4/c17-10-3-4-13-11(6-10)12(7-14(20)18-13)15(21)19-5-1-2-9(8-19)16(22)23/h3-4,6-7,9H,1-2,5,8H2,(H,18,20)(H,22,23). The van der Waals surface area contributed by atoms with E-state index >= 15 is 0 Å². The van der Waals surface area contributed by atoms with Gasteiger partial charge in [0, 0.05) is 30.1 Å². The van der Waals surface area contributed by atoms with E-state index in [9.17, 15) is 18.8 Å². The summed E-state index contributed by atoms with van der Waals surface area (Å²) < 4.78 is 13.5. The molecule has 1 saturated heterocycles. The van der Waals surface area contributed by atoms with E-state index in [0.29, 0.717) is 30.3 Å². The van der Waals surface area contributed by atoms with E-state index in [1.54, 1.807) is 0 Å². The number of rotatable bonds is 2. The summed E-state index contributed by atoms with van der Waals surface area (Å²) >= 11 is 0. The number of halogens is 1. The van der Waals surface area contributed by atoms with Crippen LogP contribution >= 0.6 is 0 Å². The number of carbonyl (C=O) groups is 2. The van der Waals surface area contributed by atoms with Crippen LogP contribution in [0.15, 0.2) is 29.1 Å². The van der Waals surface area contributed by atoms with Gasteiger partial charge in [-0.3, -0.25) is 14.4 Å². The van der Waals surface area contributed by atoms with Gasteiger partial charge in [-0.25, -0.2) is 4.39 Å². The number of aromatic nitrogens is 1. The van der Waals surface area contributed by atoms with E-state index in [1.807, 2.05) is 0 Å². The third-order valence-corrected chi connectivity index (χ3v) is 4.09. The normalized spacial score (nSPS) is 18.1. The second-order valence-corrected chi connectivity index (χ2v) is 5.67. The summed E-state index contributed by atoms with van der Waals surface area (Å²) in [5.41, 5.74) is 0.00239. The number of fused-ring (bicyclic) bond motifs is 1. The predicted molar refractivity (Wildman–Crippen MR) is 80.8 cm³/mol. The van der Waals surface area contributed by atoms with Crippen molar-refractivity contribution in [1.82, 2.24) is 9.88 Å². The van der Waals surface area contributed by atoms with Gasteiger partial charge >= 0.3 is 5.97 Å². The quantitative estimate of drug-likeness (QED) is 0.880. The summed E-state index contributed by atoms with van der Waals surface area (Å²) in [7, 11) is 0. The van der Waals surface area contributed by atoms with Crippen LogP contribution in [0.2, 0.25) is 0 Å². The average molecular weight is 318 g/mol. The Kier molecular flexibility index (Phi) is 3.85. The summed E-state index contributed by atoms with van der Waals surface area (Å²) in [5, 5.41) is 9.43. The van der Waals surface area contributed by atoms with Crippen LogP contribution in [0.3, 0.4) is 0 Å². The molecule has 23 heavy (non-hydrogen) atoms. The highest BCUT2D eigenvalue weighted by Gasteiger charge is 2.29. The molecule has 0 spiro atoms. The number of H-pyrrole nitrogens is 1. The number of hydrogen-bond donors (Lipinski definition) is 2. The second kappa shape index (κ2) is 5.83. The van der Waals surface area contributed by atoms with E-state index < -0.39 is 29.2 Å². The fraction of sp³-hybridized carbons (Fsp3) is 0.312. The van der Waals surface area contributed by atoms with E-state index in [4.69, 9.17) is 5.11 Å². The highest BCUT2D eigenvalue weighted by Crippen LogP contribution is 2.22. The Balaban J connectivity index is 2.02. The smallest absolute Gasteiger partial charge is 0.308 e. The predicted octanol–water partition coefficient (Wildman–Crippen LogP) is 1.60. The molecule has 120 valence electrons. The van der Waals surface area contributed by atoms with Crippen molar-refractivity contribution < 1.29 is 19.1 Å². The van der Waals surface area contributed by atoms with Crippen LogP contribution in [0, 0.1) is 11.7 Å². The molecule has 0 saturated carbocycles. The van der Waals surface area contributed by atoms with Crippen molar-refractivity contribution in [1.29, 1.82) is 0 Å². The zero-order valence-corrected chi connectivity index (χ0v) is 12.2. The van der Waals surface area contributed by atoms with Gasteiger partial charge in [-0.15, -0.1) is 0 Å². The van der Waals surface area contributed by atoms with Crippen LogP contribution in [0.5, 0.6) is 0 Å². The number of nitrogens with zero attached hydrogens (tertiary/aromatic N) is 1. The van der Waals surface area contributed by atoms with Crippen molar-refractivity contribution in [2.24, 2.45) is 5.92 Å². The first-order chi connectivity index (χ1) is 11.0. The van der Waals surface area contributed by atoms with Crippen LogP contribution in [0.25, 0.3) is 10.9 Å². The van der Waals surface area contributed by atoms with Gasteiger partial charge in [-0.1, -0.05) is 0 Å². The minimum Gasteiger partial charge on any atom is -0.481 e. The molecule has 2 heterocycles. The highest BCUT2D eigenvalue weighted by atomic mass is 19.1. The number of benzene rings is 1. The molecule has 6 nitrogen and oxygen atoms in total. The largest absolute Gasteiger partial charge is 0.481 e. The minimum absolute atomic E-state index is 0.0919. The van der Waals surface area contributed by atoms with Crippen molar-refractivity contribution in [3.8, 4) is 0 Å². The van der Waals surface area contributed by atoms with E-state index in [0.717, 1.165) is 6.07 Å². The van der Waals surface area contributed by atoms with Crippen molar-refractivity contribution in [3.63, 3.8) is 0 Å². The van der Waals surface area contributed by atoms with Crippen LogP contribution < -0.4 is 5.56 Å². The molecular weight excluding hydrogens is 303 g/mol. The molecule has 1 aromatic heterocycles. The number of hydrogen-bond acceptors (Lipinski definition) is 3. The molecule has 0 bridgehead atoms. The first-order valence-corrected chi connectivity index (χ1v) is 7.30. The van der Waals surface area contributed by atoms with Gasteiger partial charge in [0.05, 0.1) is 11.5 Å². The van der Waals surface area contributed by atoms with Gasteiger partial charge < -0.3 is 15.0 Å². The van der Waals surface area contributed by atoms with E-state index in [-0.39, 0.29) is 12.1 Å². The average Bonchev–Trinajstić information content (AvgIpc) is 2.54. The molecule has 0 aliphatic carbocycles. The van der Waals surface area contributed by atoms with Gasteiger partial charge in [0.15, 0.2) is 0 Å². The number of aliphatic carboxylic acids is 1. The summed E-state index contributed by atoms with van der Waals surface area (Å²) in [5.74, 6) is -2.51. The lowest BCUT2D eigenvalue weighted by Gasteiger charge is -2.31. The Morgan fingerprint density at radius 3 is 2.83 bits per heavy atom. The Labute approximate surface area is 130 Å². The molecular formula is C16H15FN2O4. The number of carboxylic acid groups (broad SMARTS) is 1. The number of likely N-dealkylation sites (tertiary alicyclic amines) is 1. The maximum atomic E-state index is 13.5. The molecule has 3 rings (SSSR count). The summed E-state index contributed by atoms with van der Waals surface area (Å²) in [4.78, 5) is 39.5. The third-order valence-electron chi connectivity index (χ3n) is 4.09. The second-order valence-electron chi connectivity index (χ2n) is 5.67. The zero-order valence-electron chi connectivity index (χ0n) is 12.2. The summed E-state index contributed by atoms with van der Waals surface area (Å²) in [6.45, 7) is 0.518. The molecule has 1 atom stereocenters. The Morgan fingerprint density at radius 1 is 1.30 bits per heavy atom. The van der Waals surface area contributed by atoms with Crippen molar-refractivity contribution in [3.05, 3.63) is 46.0 Å². The minimum atomic E-state index is -0.940. The fourth-order valence-electron chi connectivity index (χ4n) is 2.94. The summed E-state index contributed by atoms with van der Waals surface area (Å²) in [6, 6.07) is 4.93. The molecule has 2 aromatic rings.